The predicted molar refractivity (Wildman–Crippen MR) is 74.3 cm³/mol. The Hall–Kier alpha value is -1.72. The molecule has 3 aromatic rings. The third kappa shape index (κ3) is 2.39. The van der Waals surface area contributed by atoms with Crippen molar-refractivity contribution < 1.29 is 8.78 Å². The summed E-state index contributed by atoms with van der Waals surface area (Å²) in [5.74, 6) is -1.31. The van der Waals surface area contributed by atoms with Gasteiger partial charge in [-0.05, 0) is 30.3 Å². The summed E-state index contributed by atoms with van der Waals surface area (Å²) in [6.45, 7) is 0. The average molecular weight is 297 g/mol. The number of benzene rings is 2. The number of hydrogen-bond acceptors (Lipinski definition) is 3. The highest BCUT2D eigenvalue weighted by atomic mass is 35.5. The minimum Gasteiger partial charge on any atom is -0.327 e. The smallest absolute Gasteiger partial charge is 0.188 e. The lowest BCUT2D eigenvalue weighted by atomic mass is 10.3. The summed E-state index contributed by atoms with van der Waals surface area (Å²) in [4.78, 5) is 4.25. The number of nitrogens with zero attached hydrogens (tertiary/aromatic N) is 1. The van der Waals surface area contributed by atoms with E-state index in [4.69, 9.17) is 11.6 Å². The number of nitrogens with one attached hydrogen (secondary N) is 1. The number of aromatic nitrogens is 1. The first-order valence-corrected chi connectivity index (χ1v) is 6.60. The summed E-state index contributed by atoms with van der Waals surface area (Å²) < 4.78 is 27.9. The van der Waals surface area contributed by atoms with Crippen LogP contribution in [0.5, 0.6) is 0 Å². The van der Waals surface area contributed by atoms with Crippen molar-refractivity contribution in [2.75, 3.05) is 5.32 Å². The minimum atomic E-state index is -0.655. The maximum atomic E-state index is 13.5. The molecule has 3 rings (SSSR count). The highest BCUT2D eigenvalue weighted by Crippen LogP contribution is 2.31. The zero-order valence-electron chi connectivity index (χ0n) is 9.45. The van der Waals surface area contributed by atoms with E-state index in [0.29, 0.717) is 10.2 Å². The summed E-state index contributed by atoms with van der Waals surface area (Å²) in [6.07, 6.45) is 0. The van der Waals surface area contributed by atoms with Gasteiger partial charge in [0.25, 0.3) is 0 Å². The van der Waals surface area contributed by atoms with Crippen molar-refractivity contribution in [3.05, 3.63) is 53.1 Å². The van der Waals surface area contributed by atoms with Crippen molar-refractivity contribution >= 4 is 44.0 Å². The van der Waals surface area contributed by atoms with E-state index in [2.05, 4.69) is 10.3 Å². The van der Waals surface area contributed by atoms with Gasteiger partial charge in [0.15, 0.2) is 5.13 Å². The van der Waals surface area contributed by atoms with Gasteiger partial charge in [-0.25, -0.2) is 13.8 Å². The Balaban J connectivity index is 2.01. The molecule has 1 N–H and O–H groups in total. The fourth-order valence-corrected chi connectivity index (χ4v) is 2.82. The Kier molecular flexibility index (Phi) is 3.08. The van der Waals surface area contributed by atoms with Crippen molar-refractivity contribution in [1.29, 1.82) is 0 Å². The van der Waals surface area contributed by atoms with Crippen LogP contribution < -0.4 is 5.32 Å². The normalized spacial score (nSPS) is 10.9. The molecule has 19 heavy (non-hydrogen) atoms. The molecule has 0 unspecified atom stereocenters. The highest BCUT2D eigenvalue weighted by molar-refractivity contribution is 7.22. The Morgan fingerprint density at radius 1 is 1.11 bits per heavy atom. The van der Waals surface area contributed by atoms with Gasteiger partial charge in [0.2, 0.25) is 0 Å². The van der Waals surface area contributed by atoms with Gasteiger partial charge in [-0.1, -0.05) is 29.0 Å². The Morgan fingerprint density at radius 3 is 2.58 bits per heavy atom. The van der Waals surface area contributed by atoms with Crippen molar-refractivity contribution in [3.63, 3.8) is 0 Å². The number of anilines is 2. The molecule has 0 amide bonds. The molecule has 0 bridgehead atoms. The van der Waals surface area contributed by atoms with E-state index < -0.39 is 11.6 Å². The highest BCUT2D eigenvalue weighted by Gasteiger charge is 2.11. The minimum absolute atomic E-state index is 0.201. The van der Waals surface area contributed by atoms with Crippen LogP contribution in [0.15, 0.2) is 36.4 Å². The zero-order chi connectivity index (χ0) is 13.4. The molecule has 0 aliphatic rings. The van der Waals surface area contributed by atoms with E-state index in [-0.39, 0.29) is 5.69 Å². The van der Waals surface area contributed by atoms with Gasteiger partial charge in [-0.3, -0.25) is 0 Å². The molecule has 2 nitrogen and oxygen atoms in total. The van der Waals surface area contributed by atoms with Crippen LogP contribution in [0.4, 0.5) is 19.6 Å². The van der Waals surface area contributed by atoms with Gasteiger partial charge < -0.3 is 5.32 Å². The quantitative estimate of drug-likeness (QED) is 0.722. The SMILES string of the molecule is Fc1cccc(F)c1Nc1nc2ccc(Cl)cc2s1. The van der Waals surface area contributed by atoms with Gasteiger partial charge in [0.1, 0.15) is 17.3 Å². The fraction of sp³-hybridized carbons (Fsp3) is 0. The van der Waals surface area contributed by atoms with Gasteiger partial charge >= 0.3 is 0 Å². The first-order chi connectivity index (χ1) is 9.13. The van der Waals surface area contributed by atoms with Crippen LogP contribution in [0.1, 0.15) is 0 Å². The lowest BCUT2D eigenvalue weighted by Gasteiger charge is -2.04. The van der Waals surface area contributed by atoms with E-state index in [1.54, 1.807) is 18.2 Å². The molecular formula is C13H7ClF2N2S. The van der Waals surface area contributed by atoms with Crippen molar-refractivity contribution in [1.82, 2.24) is 4.98 Å². The molecule has 1 aromatic heterocycles. The first-order valence-electron chi connectivity index (χ1n) is 5.40. The van der Waals surface area contributed by atoms with E-state index in [9.17, 15) is 8.78 Å². The number of halogens is 3. The molecule has 0 aliphatic carbocycles. The molecular weight excluding hydrogens is 290 g/mol. The number of thiazole rings is 1. The molecule has 6 heteroatoms. The maximum Gasteiger partial charge on any atom is 0.188 e. The number of fused-ring (bicyclic) bond motifs is 1. The summed E-state index contributed by atoms with van der Waals surface area (Å²) in [6, 6.07) is 8.94. The van der Waals surface area contributed by atoms with Crippen LogP contribution >= 0.6 is 22.9 Å². The number of hydrogen-bond donors (Lipinski definition) is 1. The molecule has 0 saturated heterocycles. The first kappa shape index (κ1) is 12.3. The number of para-hydroxylation sites is 1. The van der Waals surface area contributed by atoms with Gasteiger partial charge in [-0.2, -0.15) is 0 Å². The molecule has 1 heterocycles. The summed E-state index contributed by atoms with van der Waals surface area (Å²) in [5, 5.41) is 3.68. The van der Waals surface area contributed by atoms with Crippen LogP contribution in [0.25, 0.3) is 10.2 Å². The third-order valence-electron chi connectivity index (χ3n) is 2.55. The monoisotopic (exact) mass is 296 g/mol. The lowest BCUT2D eigenvalue weighted by molar-refractivity contribution is 0.591. The summed E-state index contributed by atoms with van der Waals surface area (Å²) in [5.41, 5.74) is 0.529. The predicted octanol–water partition coefficient (Wildman–Crippen LogP) is 4.97. The molecule has 0 radical (unpaired) electrons. The van der Waals surface area contributed by atoms with Crippen LogP contribution in [-0.2, 0) is 0 Å². The number of rotatable bonds is 2. The molecule has 2 aromatic carbocycles. The van der Waals surface area contributed by atoms with Crippen LogP contribution in [-0.4, -0.2) is 4.98 Å². The van der Waals surface area contributed by atoms with Gasteiger partial charge in [0.05, 0.1) is 10.2 Å². The largest absolute Gasteiger partial charge is 0.327 e. The average Bonchev–Trinajstić information content (AvgIpc) is 2.75. The van der Waals surface area contributed by atoms with Gasteiger partial charge in [0, 0.05) is 5.02 Å². The van der Waals surface area contributed by atoms with E-state index in [1.165, 1.54) is 29.5 Å². The third-order valence-corrected chi connectivity index (χ3v) is 3.71. The van der Waals surface area contributed by atoms with Crippen molar-refractivity contribution in [3.8, 4) is 0 Å². The molecule has 96 valence electrons. The second-order valence-corrected chi connectivity index (χ2v) is 5.32. The molecule has 0 fully saturated rings. The summed E-state index contributed by atoms with van der Waals surface area (Å²) in [7, 11) is 0. The topological polar surface area (TPSA) is 24.9 Å². The second kappa shape index (κ2) is 4.75. The second-order valence-electron chi connectivity index (χ2n) is 3.85. The Bertz CT molecular complexity index is 737. The van der Waals surface area contributed by atoms with Crippen LogP contribution in [0, 0.1) is 11.6 Å². The van der Waals surface area contributed by atoms with Crippen LogP contribution in [0.3, 0.4) is 0 Å². The van der Waals surface area contributed by atoms with E-state index in [1.807, 2.05) is 0 Å². The van der Waals surface area contributed by atoms with Crippen LogP contribution in [0.2, 0.25) is 5.02 Å². The van der Waals surface area contributed by atoms with Gasteiger partial charge in [-0.15, -0.1) is 0 Å². The fourth-order valence-electron chi connectivity index (χ4n) is 1.68. The van der Waals surface area contributed by atoms with E-state index >= 15 is 0 Å². The molecule has 0 saturated carbocycles. The standard InChI is InChI=1S/C13H7ClF2N2S/c14-7-4-5-10-11(6-7)19-13(17-10)18-12-8(15)2-1-3-9(12)16/h1-6H,(H,17,18). The zero-order valence-corrected chi connectivity index (χ0v) is 11.0. The molecule has 0 atom stereocenters. The lowest BCUT2D eigenvalue weighted by Crippen LogP contribution is -1.96. The Labute approximate surface area is 116 Å². The maximum absolute atomic E-state index is 13.5. The molecule has 0 spiro atoms. The summed E-state index contributed by atoms with van der Waals surface area (Å²) >= 11 is 7.16. The Morgan fingerprint density at radius 2 is 1.84 bits per heavy atom. The molecule has 0 aliphatic heterocycles. The van der Waals surface area contributed by atoms with E-state index in [0.717, 1.165) is 10.2 Å². The van der Waals surface area contributed by atoms with Crippen molar-refractivity contribution in [2.45, 2.75) is 0 Å². The van der Waals surface area contributed by atoms with Crippen molar-refractivity contribution in [2.24, 2.45) is 0 Å².